The van der Waals surface area contributed by atoms with Gasteiger partial charge in [0.05, 0.1) is 6.61 Å². The van der Waals surface area contributed by atoms with Crippen molar-refractivity contribution >= 4 is 5.84 Å². The van der Waals surface area contributed by atoms with Gasteiger partial charge in [-0.05, 0) is 30.5 Å². The van der Waals surface area contributed by atoms with Crippen LogP contribution in [0.4, 0.5) is 0 Å². The zero-order valence-corrected chi connectivity index (χ0v) is 10.4. The highest BCUT2D eigenvalue weighted by atomic mass is 16.5. The summed E-state index contributed by atoms with van der Waals surface area (Å²) in [5.74, 6) is 0.809. The van der Waals surface area contributed by atoms with Crippen LogP contribution in [0.15, 0.2) is 24.3 Å². The van der Waals surface area contributed by atoms with Crippen molar-refractivity contribution in [3.05, 3.63) is 29.8 Å². The summed E-state index contributed by atoms with van der Waals surface area (Å²) in [5.41, 5.74) is 6.64. The molecular formula is C13H20N2O2. The smallest absolute Gasteiger partial charge is 0.155 e. The van der Waals surface area contributed by atoms with Crippen molar-refractivity contribution in [1.82, 2.24) is 0 Å². The van der Waals surface area contributed by atoms with E-state index in [0.29, 0.717) is 13.0 Å². The first-order valence-corrected chi connectivity index (χ1v) is 5.75. The second kappa shape index (κ2) is 6.91. The summed E-state index contributed by atoms with van der Waals surface area (Å²) < 4.78 is 10.6. The SMILES string of the molecule is CCC(Oc1ccc(CCOC)cc1)C(=N)N. The van der Waals surface area contributed by atoms with Crippen molar-refractivity contribution in [3.63, 3.8) is 0 Å². The summed E-state index contributed by atoms with van der Waals surface area (Å²) in [6.07, 6.45) is 1.25. The van der Waals surface area contributed by atoms with Crippen LogP contribution in [0.2, 0.25) is 0 Å². The van der Waals surface area contributed by atoms with Crippen LogP contribution in [0.1, 0.15) is 18.9 Å². The van der Waals surface area contributed by atoms with E-state index < -0.39 is 0 Å². The number of methoxy groups -OCH3 is 1. The molecule has 0 fully saturated rings. The zero-order valence-electron chi connectivity index (χ0n) is 10.4. The van der Waals surface area contributed by atoms with Gasteiger partial charge in [-0.25, -0.2) is 0 Å². The van der Waals surface area contributed by atoms with E-state index in [1.165, 1.54) is 5.56 Å². The Bertz CT molecular complexity index is 349. The van der Waals surface area contributed by atoms with Crippen molar-refractivity contribution in [1.29, 1.82) is 5.41 Å². The molecule has 0 aliphatic heterocycles. The average Bonchev–Trinajstić information content (AvgIpc) is 2.34. The Labute approximate surface area is 102 Å². The lowest BCUT2D eigenvalue weighted by molar-refractivity contribution is 0.202. The summed E-state index contributed by atoms with van der Waals surface area (Å²) in [7, 11) is 1.69. The lowest BCUT2D eigenvalue weighted by Gasteiger charge is -2.16. The third kappa shape index (κ3) is 4.44. The Morgan fingerprint density at radius 3 is 2.47 bits per heavy atom. The van der Waals surface area contributed by atoms with Crippen LogP contribution in [-0.2, 0) is 11.2 Å². The van der Waals surface area contributed by atoms with Crippen LogP contribution in [0, 0.1) is 5.41 Å². The second-order valence-corrected chi connectivity index (χ2v) is 3.86. The number of benzene rings is 1. The molecule has 1 aromatic rings. The molecule has 0 saturated carbocycles. The Morgan fingerprint density at radius 1 is 1.35 bits per heavy atom. The second-order valence-electron chi connectivity index (χ2n) is 3.86. The monoisotopic (exact) mass is 236 g/mol. The van der Waals surface area contributed by atoms with E-state index in [0.717, 1.165) is 12.2 Å². The van der Waals surface area contributed by atoms with Gasteiger partial charge in [0.1, 0.15) is 11.6 Å². The number of amidine groups is 1. The van der Waals surface area contributed by atoms with Crippen molar-refractivity contribution in [2.24, 2.45) is 5.73 Å². The van der Waals surface area contributed by atoms with Crippen LogP contribution >= 0.6 is 0 Å². The molecule has 0 aliphatic carbocycles. The Morgan fingerprint density at radius 2 is 2.00 bits per heavy atom. The van der Waals surface area contributed by atoms with Gasteiger partial charge >= 0.3 is 0 Å². The number of nitrogens with two attached hydrogens (primary N) is 1. The number of hydrogen-bond donors (Lipinski definition) is 2. The topological polar surface area (TPSA) is 68.3 Å². The average molecular weight is 236 g/mol. The van der Waals surface area contributed by atoms with Crippen molar-refractivity contribution in [2.75, 3.05) is 13.7 Å². The van der Waals surface area contributed by atoms with Gasteiger partial charge in [-0.2, -0.15) is 0 Å². The molecule has 1 unspecified atom stereocenters. The van der Waals surface area contributed by atoms with E-state index in [-0.39, 0.29) is 11.9 Å². The maximum atomic E-state index is 7.37. The fraction of sp³-hybridized carbons (Fsp3) is 0.462. The van der Waals surface area contributed by atoms with Crippen LogP contribution in [-0.4, -0.2) is 25.7 Å². The molecule has 0 spiro atoms. The van der Waals surface area contributed by atoms with Crippen LogP contribution in [0.3, 0.4) is 0 Å². The van der Waals surface area contributed by atoms with Gasteiger partial charge in [0.2, 0.25) is 0 Å². The summed E-state index contributed by atoms with van der Waals surface area (Å²) in [4.78, 5) is 0. The molecule has 0 aromatic heterocycles. The molecule has 0 saturated heterocycles. The highest BCUT2D eigenvalue weighted by molar-refractivity contribution is 5.81. The van der Waals surface area contributed by atoms with E-state index in [1.807, 2.05) is 31.2 Å². The molecule has 0 aliphatic rings. The van der Waals surface area contributed by atoms with Crippen LogP contribution < -0.4 is 10.5 Å². The third-order valence-electron chi connectivity index (χ3n) is 2.51. The quantitative estimate of drug-likeness (QED) is 0.561. The lowest BCUT2D eigenvalue weighted by Crippen LogP contribution is -2.32. The minimum absolute atomic E-state index is 0.0657. The predicted octanol–water partition coefficient (Wildman–Crippen LogP) is 1.97. The van der Waals surface area contributed by atoms with Gasteiger partial charge < -0.3 is 15.2 Å². The Hall–Kier alpha value is -1.55. The Balaban J connectivity index is 2.58. The van der Waals surface area contributed by atoms with Gasteiger partial charge in [-0.3, -0.25) is 5.41 Å². The summed E-state index contributed by atoms with van der Waals surface area (Å²) in [6, 6.07) is 7.80. The van der Waals surface area contributed by atoms with Crippen molar-refractivity contribution in [3.8, 4) is 5.75 Å². The minimum Gasteiger partial charge on any atom is -0.483 e. The largest absolute Gasteiger partial charge is 0.483 e. The highest BCUT2D eigenvalue weighted by Crippen LogP contribution is 2.15. The minimum atomic E-state index is -0.333. The van der Waals surface area contributed by atoms with Gasteiger partial charge in [-0.1, -0.05) is 19.1 Å². The van der Waals surface area contributed by atoms with Gasteiger partial charge in [-0.15, -0.1) is 0 Å². The normalized spacial score (nSPS) is 12.1. The van der Waals surface area contributed by atoms with Gasteiger partial charge in [0.15, 0.2) is 6.10 Å². The molecule has 4 heteroatoms. The Kier molecular flexibility index (Phi) is 5.49. The summed E-state index contributed by atoms with van der Waals surface area (Å²) in [5, 5.41) is 7.37. The first kappa shape index (κ1) is 13.5. The van der Waals surface area contributed by atoms with E-state index in [2.05, 4.69) is 0 Å². The van der Waals surface area contributed by atoms with Crippen LogP contribution in [0.25, 0.3) is 0 Å². The maximum Gasteiger partial charge on any atom is 0.155 e. The molecule has 0 bridgehead atoms. The van der Waals surface area contributed by atoms with E-state index in [9.17, 15) is 0 Å². The lowest BCUT2D eigenvalue weighted by atomic mass is 10.1. The molecule has 94 valence electrons. The summed E-state index contributed by atoms with van der Waals surface area (Å²) >= 11 is 0. The summed E-state index contributed by atoms with van der Waals surface area (Å²) in [6.45, 7) is 2.66. The first-order chi connectivity index (χ1) is 8.17. The van der Waals surface area contributed by atoms with E-state index in [1.54, 1.807) is 7.11 Å². The molecule has 1 rings (SSSR count). The van der Waals surface area contributed by atoms with Crippen LogP contribution in [0.5, 0.6) is 5.75 Å². The van der Waals surface area contributed by atoms with Crippen molar-refractivity contribution < 1.29 is 9.47 Å². The molecule has 1 atom stereocenters. The molecule has 0 radical (unpaired) electrons. The van der Waals surface area contributed by atoms with E-state index >= 15 is 0 Å². The highest BCUT2D eigenvalue weighted by Gasteiger charge is 2.10. The van der Waals surface area contributed by atoms with Crippen molar-refractivity contribution in [2.45, 2.75) is 25.9 Å². The molecule has 17 heavy (non-hydrogen) atoms. The molecular weight excluding hydrogens is 216 g/mol. The maximum absolute atomic E-state index is 7.37. The zero-order chi connectivity index (χ0) is 12.7. The predicted molar refractivity (Wildman–Crippen MR) is 68.6 cm³/mol. The first-order valence-electron chi connectivity index (χ1n) is 5.75. The number of nitrogens with one attached hydrogen (secondary N) is 1. The molecule has 4 nitrogen and oxygen atoms in total. The standard InChI is InChI=1S/C13H20N2O2/c1-3-12(13(14)15)17-11-6-4-10(5-7-11)8-9-16-2/h4-7,12H,3,8-9H2,1-2H3,(H3,14,15). The van der Waals surface area contributed by atoms with E-state index in [4.69, 9.17) is 20.6 Å². The molecule has 1 aromatic carbocycles. The molecule has 3 N–H and O–H groups in total. The molecule has 0 heterocycles. The fourth-order valence-corrected chi connectivity index (χ4v) is 1.49. The fourth-order valence-electron chi connectivity index (χ4n) is 1.49. The number of rotatable bonds is 7. The molecule has 0 amide bonds. The third-order valence-corrected chi connectivity index (χ3v) is 2.51. The van der Waals surface area contributed by atoms with Gasteiger partial charge in [0.25, 0.3) is 0 Å². The number of hydrogen-bond acceptors (Lipinski definition) is 3. The van der Waals surface area contributed by atoms with Gasteiger partial charge in [0, 0.05) is 7.11 Å². The number of ether oxygens (including phenoxy) is 2.